The van der Waals surface area contributed by atoms with Crippen LogP contribution >= 0.6 is 23.5 Å². The third-order valence-corrected chi connectivity index (χ3v) is 5.24. The van der Waals surface area contributed by atoms with Crippen molar-refractivity contribution in [3.8, 4) is 0 Å². The first kappa shape index (κ1) is 16.0. The maximum atomic E-state index is 11.9. The van der Waals surface area contributed by atoms with Crippen molar-refractivity contribution in [2.75, 3.05) is 30.3 Å². The van der Waals surface area contributed by atoms with Crippen LogP contribution in [0.2, 0.25) is 0 Å². The van der Waals surface area contributed by atoms with Gasteiger partial charge in [-0.15, -0.1) is 0 Å². The first-order valence-corrected chi connectivity index (χ1v) is 7.86. The Hall–Kier alpha value is -0.0800. The van der Waals surface area contributed by atoms with E-state index in [4.69, 9.17) is 0 Å². The van der Waals surface area contributed by atoms with Gasteiger partial charge in [-0.2, -0.15) is 36.7 Å². The molecule has 1 aliphatic heterocycles. The van der Waals surface area contributed by atoms with E-state index in [0.29, 0.717) is 11.8 Å². The van der Waals surface area contributed by atoms with Crippen molar-refractivity contribution in [1.82, 2.24) is 10.6 Å². The minimum atomic E-state index is -4.36. The number of amides is 1. The van der Waals surface area contributed by atoms with Crippen molar-refractivity contribution in [3.63, 3.8) is 0 Å². The minimum Gasteiger partial charge on any atom is -0.346 e. The van der Waals surface area contributed by atoms with Crippen LogP contribution in [-0.4, -0.2) is 53.7 Å². The second kappa shape index (κ2) is 7.49. The molecule has 2 N–H and O–H groups in total. The van der Waals surface area contributed by atoms with Crippen LogP contribution in [0, 0.1) is 0 Å². The van der Waals surface area contributed by atoms with Crippen molar-refractivity contribution >= 4 is 29.4 Å². The van der Waals surface area contributed by atoms with Gasteiger partial charge in [-0.25, -0.2) is 0 Å². The topological polar surface area (TPSA) is 41.1 Å². The minimum absolute atomic E-state index is 0.432. The zero-order valence-corrected chi connectivity index (χ0v) is 11.7. The molecule has 1 aliphatic rings. The van der Waals surface area contributed by atoms with E-state index in [0.717, 1.165) is 17.3 Å². The van der Waals surface area contributed by atoms with Gasteiger partial charge < -0.3 is 10.6 Å². The van der Waals surface area contributed by atoms with E-state index in [1.54, 1.807) is 6.92 Å². The molecule has 0 bridgehead atoms. The van der Waals surface area contributed by atoms with Gasteiger partial charge in [0.05, 0.1) is 6.04 Å². The number of alkyl halides is 3. The van der Waals surface area contributed by atoms with Gasteiger partial charge in [0.2, 0.25) is 5.91 Å². The van der Waals surface area contributed by atoms with Crippen LogP contribution < -0.4 is 10.6 Å². The van der Waals surface area contributed by atoms with Crippen LogP contribution in [0.1, 0.15) is 6.92 Å². The predicted octanol–water partition coefficient (Wildman–Crippen LogP) is 1.49. The molecule has 1 fully saturated rings. The fraction of sp³-hybridized carbons (Fsp3) is 0.900. The molecule has 0 saturated carbocycles. The fourth-order valence-electron chi connectivity index (χ4n) is 1.40. The van der Waals surface area contributed by atoms with Crippen LogP contribution in [0.15, 0.2) is 0 Å². The Morgan fingerprint density at radius 1 is 1.44 bits per heavy atom. The Kier molecular flexibility index (Phi) is 6.65. The molecular weight excluding hydrogens is 285 g/mol. The van der Waals surface area contributed by atoms with E-state index in [1.165, 1.54) is 0 Å². The lowest BCUT2D eigenvalue weighted by atomic mass is 10.3. The summed E-state index contributed by atoms with van der Waals surface area (Å²) in [4.78, 5) is 11.4. The summed E-state index contributed by atoms with van der Waals surface area (Å²) in [5, 5.41) is 5.28. The van der Waals surface area contributed by atoms with Crippen LogP contribution in [0.5, 0.6) is 0 Å². The molecule has 1 heterocycles. The highest BCUT2D eigenvalue weighted by Crippen LogP contribution is 2.23. The fourth-order valence-corrected chi connectivity index (χ4v) is 4.02. The highest BCUT2D eigenvalue weighted by Gasteiger charge is 2.28. The maximum Gasteiger partial charge on any atom is 0.405 e. The van der Waals surface area contributed by atoms with E-state index in [-0.39, 0.29) is 0 Å². The Morgan fingerprint density at radius 3 is 2.72 bits per heavy atom. The monoisotopic (exact) mass is 302 g/mol. The number of nitrogens with one attached hydrogen (secondary N) is 2. The summed E-state index contributed by atoms with van der Waals surface area (Å²) in [7, 11) is 0. The molecule has 2 unspecified atom stereocenters. The highest BCUT2D eigenvalue weighted by molar-refractivity contribution is 8.06. The summed E-state index contributed by atoms with van der Waals surface area (Å²) in [5.41, 5.74) is 0. The van der Waals surface area contributed by atoms with E-state index in [9.17, 15) is 18.0 Å². The molecule has 18 heavy (non-hydrogen) atoms. The smallest absolute Gasteiger partial charge is 0.346 e. The second-order valence-electron chi connectivity index (χ2n) is 4.03. The quantitative estimate of drug-likeness (QED) is 0.807. The predicted molar refractivity (Wildman–Crippen MR) is 70.1 cm³/mol. The van der Waals surface area contributed by atoms with Gasteiger partial charge in [-0.1, -0.05) is 0 Å². The lowest BCUT2D eigenvalue weighted by Crippen LogP contribution is -2.47. The second-order valence-corrected chi connectivity index (χ2v) is 6.59. The largest absolute Gasteiger partial charge is 0.405 e. The molecule has 1 saturated heterocycles. The Balaban J connectivity index is 2.18. The lowest BCUT2D eigenvalue weighted by molar-refractivity contribution is -0.139. The molecule has 0 aromatic heterocycles. The number of halogens is 3. The van der Waals surface area contributed by atoms with Gasteiger partial charge in [0.25, 0.3) is 0 Å². The first-order chi connectivity index (χ1) is 8.38. The highest BCUT2D eigenvalue weighted by atomic mass is 32.2. The standard InChI is InChI=1S/C10H17F3N2OS2/c1-7(9(16)15-6-10(11,12)13)14-4-8-5-17-2-3-18-8/h7-8,14H,2-6H2,1H3,(H,15,16). The third-order valence-electron chi connectivity index (χ3n) is 2.39. The van der Waals surface area contributed by atoms with Crippen molar-refractivity contribution in [1.29, 1.82) is 0 Å². The molecule has 8 heteroatoms. The molecule has 0 spiro atoms. The van der Waals surface area contributed by atoms with Gasteiger partial charge >= 0.3 is 6.18 Å². The Bertz CT molecular complexity index is 270. The zero-order chi connectivity index (χ0) is 13.6. The molecule has 0 radical (unpaired) electrons. The van der Waals surface area contributed by atoms with E-state index in [1.807, 2.05) is 28.8 Å². The average Bonchev–Trinajstić information content (AvgIpc) is 2.33. The van der Waals surface area contributed by atoms with E-state index >= 15 is 0 Å². The number of hydrogen-bond donors (Lipinski definition) is 2. The number of rotatable bonds is 5. The number of carbonyl (C=O) groups excluding carboxylic acids is 1. The summed E-state index contributed by atoms with van der Waals surface area (Å²) in [6, 6.07) is -0.597. The number of carbonyl (C=O) groups is 1. The van der Waals surface area contributed by atoms with Gasteiger partial charge in [0.15, 0.2) is 0 Å². The SMILES string of the molecule is CC(NCC1CSCCS1)C(=O)NCC(F)(F)F. The first-order valence-electron chi connectivity index (χ1n) is 5.65. The normalized spacial score (nSPS) is 22.6. The Morgan fingerprint density at radius 2 is 2.17 bits per heavy atom. The number of hydrogen-bond acceptors (Lipinski definition) is 4. The third kappa shape index (κ3) is 6.75. The maximum absolute atomic E-state index is 11.9. The van der Waals surface area contributed by atoms with Gasteiger partial charge in [-0.3, -0.25) is 4.79 Å². The average molecular weight is 302 g/mol. The summed E-state index contributed by atoms with van der Waals surface area (Å²) in [6.07, 6.45) is -4.36. The summed E-state index contributed by atoms with van der Waals surface area (Å²) < 4.78 is 35.7. The van der Waals surface area contributed by atoms with Crippen LogP contribution in [0.3, 0.4) is 0 Å². The van der Waals surface area contributed by atoms with Crippen LogP contribution in [0.4, 0.5) is 13.2 Å². The Labute approximate surface area is 113 Å². The lowest BCUT2D eigenvalue weighted by Gasteiger charge is -2.23. The van der Waals surface area contributed by atoms with E-state index < -0.39 is 24.7 Å². The van der Waals surface area contributed by atoms with Crippen molar-refractivity contribution in [2.24, 2.45) is 0 Å². The van der Waals surface area contributed by atoms with Gasteiger partial charge in [0, 0.05) is 29.1 Å². The zero-order valence-electron chi connectivity index (χ0n) is 10.0. The van der Waals surface area contributed by atoms with Crippen LogP contribution in [-0.2, 0) is 4.79 Å². The molecule has 0 aromatic carbocycles. The molecule has 106 valence electrons. The molecule has 0 aliphatic carbocycles. The van der Waals surface area contributed by atoms with Gasteiger partial charge in [-0.05, 0) is 6.92 Å². The molecule has 3 nitrogen and oxygen atoms in total. The summed E-state index contributed by atoms with van der Waals surface area (Å²) in [5.74, 6) is 2.64. The van der Waals surface area contributed by atoms with Crippen molar-refractivity contribution in [2.45, 2.75) is 24.4 Å². The molecular formula is C10H17F3N2OS2. The molecule has 0 aromatic rings. The molecule has 1 rings (SSSR count). The van der Waals surface area contributed by atoms with Gasteiger partial charge in [0.1, 0.15) is 6.54 Å². The molecule has 1 amide bonds. The summed E-state index contributed by atoms with van der Waals surface area (Å²) in [6.45, 7) is 0.955. The van der Waals surface area contributed by atoms with E-state index in [2.05, 4.69) is 5.32 Å². The van der Waals surface area contributed by atoms with Crippen molar-refractivity contribution in [3.05, 3.63) is 0 Å². The summed E-state index contributed by atoms with van der Waals surface area (Å²) >= 11 is 3.71. The van der Waals surface area contributed by atoms with Crippen molar-refractivity contribution < 1.29 is 18.0 Å². The van der Waals surface area contributed by atoms with Crippen LogP contribution in [0.25, 0.3) is 0 Å². The number of thioether (sulfide) groups is 2. The molecule has 2 atom stereocenters.